The van der Waals surface area contributed by atoms with Crippen LogP contribution in [0.4, 0.5) is 5.69 Å². The Bertz CT molecular complexity index is 505. The monoisotopic (exact) mass is 269 g/mol. The second-order valence-electron chi connectivity index (χ2n) is 4.43. The van der Waals surface area contributed by atoms with E-state index >= 15 is 0 Å². The molecule has 0 spiro atoms. The average molecular weight is 269 g/mol. The van der Waals surface area contributed by atoms with Crippen LogP contribution in [0, 0.1) is 0 Å². The number of thiocarbonyl (C=S) groups is 1. The molecule has 2 saturated heterocycles. The summed E-state index contributed by atoms with van der Waals surface area (Å²) in [5.41, 5.74) is 0.981. The first kappa shape index (κ1) is 11.1. The van der Waals surface area contributed by atoms with E-state index in [1.54, 1.807) is 0 Å². The Balaban J connectivity index is 1.95. The predicted molar refractivity (Wildman–Crippen MR) is 72.6 cm³/mol. The normalized spacial score (nSPS) is 35.8. The van der Waals surface area contributed by atoms with Crippen LogP contribution in [0.1, 0.15) is 0 Å². The summed E-state index contributed by atoms with van der Waals surface area (Å²) in [4.78, 5) is 1.96. The van der Waals surface area contributed by atoms with Gasteiger partial charge in [-0.2, -0.15) is 4.55 Å². The van der Waals surface area contributed by atoms with Gasteiger partial charge in [0, 0.05) is 5.69 Å². The topological polar surface area (TPSA) is 52.6 Å². The van der Waals surface area contributed by atoms with E-state index in [-0.39, 0.29) is 12.1 Å². The van der Waals surface area contributed by atoms with Crippen LogP contribution < -0.4 is 10.2 Å². The van der Waals surface area contributed by atoms with Gasteiger partial charge < -0.3 is 10.2 Å². The number of rotatable bonds is 1. The van der Waals surface area contributed by atoms with Crippen molar-refractivity contribution in [2.75, 3.05) is 16.4 Å². The molecule has 0 aliphatic carbocycles. The van der Waals surface area contributed by atoms with E-state index in [1.807, 2.05) is 35.2 Å². The summed E-state index contributed by atoms with van der Waals surface area (Å²) in [5, 5.41) is 3.79. The van der Waals surface area contributed by atoms with Crippen molar-refractivity contribution in [3.63, 3.8) is 0 Å². The minimum Gasteiger partial charge on any atom is -0.352 e. The summed E-state index contributed by atoms with van der Waals surface area (Å²) in [5.74, 6) is 0.584. The lowest BCUT2D eigenvalue weighted by Crippen LogP contribution is -2.37. The smallest absolute Gasteiger partial charge is 0.218 e. The van der Waals surface area contributed by atoms with Gasteiger partial charge in [0.15, 0.2) is 16.6 Å². The minimum atomic E-state index is -2.68. The van der Waals surface area contributed by atoms with Gasteiger partial charge in [-0.15, -0.1) is 0 Å². The maximum absolute atomic E-state index is 11.7. The summed E-state index contributed by atoms with van der Waals surface area (Å²) in [7, 11) is -2.68. The zero-order chi connectivity index (χ0) is 12.0. The van der Waals surface area contributed by atoms with Crippen molar-refractivity contribution < 1.29 is 8.76 Å². The second-order valence-corrected chi connectivity index (χ2v) is 7.03. The zero-order valence-electron chi connectivity index (χ0n) is 9.07. The van der Waals surface area contributed by atoms with Crippen LogP contribution in [-0.4, -0.2) is 33.3 Å². The van der Waals surface area contributed by atoms with Gasteiger partial charge in [-0.25, -0.2) is 0 Å². The van der Waals surface area contributed by atoms with E-state index < -0.39 is 10.2 Å². The third-order valence-corrected chi connectivity index (χ3v) is 5.29. The molecule has 3 atom stereocenters. The van der Waals surface area contributed by atoms with Crippen molar-refractivity contribution in [2.45, 2.75) is 12.1 Å². The van der Waals surface area contributed by atoms with Crippen LogP contribution in [0.3, 0.4) is 0 Å². The number of fused-ring (bicyclic) bond motifs is 1. The highest BCUT2D eigenvalue weighted by atomic mass is 32.3. The molecule has 1 unspecified atom stereocenters. The van der Waals surface area contributed by atoms with E-state index in [0.29, 0.717) is 16.6 Å². The maximum atomic E-state index is 11.7. The number of anilines is 1. The highest BCUT2D eigenvalue weighted by Crippen LogP contribution is 2.31. The van der Waals surface area contributed by atoms with Crippen molar-refractivity contribution in [1.82, 2.24) is 5.32 Å². The summed E-state index contributed by atoms with van der Waals surface area (Å²) in [6, 6.07) is 9.76. The molecular weight excluding hydrogens is 256 g/mol. The molecule has 0 bridgehead atoms. The molecule has 2 fully saturated rings. The van der Waals surface area contributed by atoms with E-state index in [1.165, 1.54) is 0 Å². The molecule has 0 saturated carbocycles. The lowest BCUT2D eigenvalue weighted by atomic mass is 10.1. The Hall–Kier alpha value is -0.980. The molecule has 1 aromatic carbocycles. The average Bonchev–Trinajstić information content (AvgIpc) is 2.69. The van der Waals surface area contributed by atoms with Crippen LogP contribution in [-0.2, 0) is 14.4 Å². The maximum Gasteiger partial charge on any atom is 0.218 e. The Kier molecular flexibility index (Phi) is 2.46. The number of hydrogen-bond donors (Lipinski definition) is 2. The van der Waals surface area contributed by atoms with Crippen LogP contribution in [0.15, 0.2) is 30.3 Å². The van der Waals surface area contributed by atoms with Crippen molar-refractivity contribution >= 4 is 33.2 Å². The molecule has 6 heteroatoms. The number of benzene rings is 1. The largest absolute Gasteiger partial charge is 0.352 e. The van der Waals surface area contributed by atoms with Crippen LogP contribution in [0.5, 0.6) is 0 Å². The summed E-state index contributed by atoms with van der Waals surface area (Å²) in [6.07, 6.45) is 0. The molecule has 0 amide bonds. The molecule has 2 aliphatic rings. The third kappa shape index (κ3) is 1.86. The van der Waals surface area contributed by atoms with Gasteiger partial charge >= 0.3 is 0 Å². The third-order valence-electron chi connectivity index (χ3n) is 3.23. The highest BCUT2D eigenvalue weighted by molar-refractivity contribution is 7.98. The number of nitrogens with one attached hydrogen (secondary N) is 1. The first-order valence-electron chi connectivity index (χ1n) is 5.44. The molecule has 2 heterocycles. The second kappa shape index (κ2) is 3.76. The van der Waals surface area contributed by atoms with E-state index in [2.05, 4.69) is 5.32 Å². The fourth-order valence-corrected chi connectivity index (χ4v) is 4.82. The van der Waals surface area contributed by atoms with Gasteiger partial charge in [0.05, 0.1) is 0 Å². The highest BCUT2D eigenvalue weighted by Gasteiger charge is 2.54. The first-order valence-corrected chi connectivity index (χ1v) is 7.70. The Morgan fingerprint density at radius 2 is 2.06 bits per heavy atom. The van der Waals surface area contributed by atoms with Crippen LogP contribution >= 0.6 is 12.2 Å². The zero-order valence-corrected chi connectivity index (χ0v) is 10.7. The van der Waals surface area contributed by atoms with Gasteiger partial charge in [0.25, 0.3) is 0 Å². The molecule has 3 rings (SSSR count). The van der Waals surface area contributed by atoms with E-state index in [4.69, 9.17) is 12.2 Å². The standard InChI is InChI=1S/C11H12N2O2S2/c14-17(15)6-9-10(7-17)13(11(16)12-9)8-4-2-1-3-5-8/h1-5,9-10H,6-7H2,(H-,12,14,15,16)/p+1/t9-,10-/m0/s1. The molecule has 0 aromatic heterocycles. The lowest BCUT2D eigenvalue weighted by Gasteiger charge is -2.21. The fourth-order valence-electron chi connectivity index (χ4n) is 2.51. The fraction of sp³-hybridized carbons (Fsp3) is 0.364. The SMILES string of the molecule is O=[S+]1(O)C[C@@H]2NC(=S)N(c3ccccc3)[C@H]2C1. The van der Waals surface area contributed by atoms with Gasteiger partial charge in [0.1, 0.15) is 12.1 Å². The molecule has 2 aliphatic heterocycles. The molecule has 2 N–H and O–H groups in total. The van der Waals surface area contributed by atoms with Gasteiger partial charge in [-0.3, -0.25) is 0 Å². The summed E-state index contributed by atoms with van der Waals surface area (Å²) < 4.78 is 21.4. The van der Waals surface area contributed by atoms with Crippen LogP contribution in [0.2, 0.25) is 0 Å². The molecule has 1 aromatic rings. The minimum absolute atomic E-state index is 0.000191. The number of nitrogens with zero attached hydrogens (tertiary/aromatic N) is 1. The summed E-state index contributed by atoms with van der Waals surface area (Å²) >= 11 is 5.29. The number of para-hydroxylation sites is 1. The van der Waals surface area contributed by atoms with Crippen molar-refractivity contribution in [3.05, 3.63) is 30.3 Å². The Morgan fingerprint density at radius 3 is 2.76 bits per heavy atom. The molecular formula is C11H13N2O2S2+. The molecule has 90 valence electrons. The van der Waals surface area contributed by atoms with Crippen LogP contribution in [0.25, 0.3) is 0 Å². The van der Waals surface area contributed by atoms with Crippen molar-refractivity contribution in [1.29, 1.82) is 0 Å². The van der Waals surface area contributed by atoms with Crippen molar-refractivity contribution in [3.8, 4) is 0 Å². The van der Waals surface area contributed by atoms with Gasteiger partial charge in [-0.05, 0) is 24.4 Å². The predicted octanol–water partition coefficient (Wildman–Crippen LogP) is 1.10. The number of hydrogen-bond acceptors (Lipinski definition) is 2. The molecule has 0 radical (unpaired) electrons. The molecule has 17 heavy (non-hydrogen) atoms. The van der Waals surface area contributed by atoms with Crippen molar-refractivity contribution in [2.24, 2.45) is 0 Å². The summed E-state index contributed by atoms with van der Waals surface area (Å²) in [6.45, 7) is 0. The van der Waals surface area contributed by atoms with E-state index in [9.17, 15) is 8.76 Å². The van der Waals surface area contributed by atoms with E-state index in [0.717, 1.165) is 5.69 Å². The van der Waals surface area contributed by atoms with Gasteiger partial charge in [-0.1, -0.05) is 22.4 Å². The first-order chi connectivity index (χ1) is 8.07. The quantitative estimate of drug-likeness (QED) is 0.591. The lowest BCUT2D eigenvalue weighted by molar-refractivity contribution is 0.502. The Morgan fingerprint density at radius 1 is 1.35 bits per heavy atom. The Labute approximate surface area is 106 Å². The molecule has 4 nitrogen and oxygen atoms in total. The van der Waals surface area contributed by atoms with Gasteiger partial charge in [0.2, 0.25) is 10.2 Å².